The van der Waals surface area contributed by atoms with E-state index in [9.17, 15) is 15.0 Å². The predicted molar refractivity (Wildman–Crippen MR) is 152 cm³/mol. The van der Waals surface area contributed by atoms with Gasteiger partial charge in [0.05, 0.1) is 18.7 Å². The number of nitrogens with zero attached hydrogens (tertiary/aromatic N) is 2. The number of pyridine rings is 1. The highest BCUT2D eigenvalue weighted by Crippen LogP contribution is 2.35. The third kappa shape index (κ3) is 7.92. The van der Waals surface area contributed by atoms with Gasteiger partial charge in [-0.1, -0.05) is 23.7 Å². The lowest BCUT2D eigenvalue weighted by Crippen LogP contribution is -2.41. The number of piperidine rings is 1. The Morgan fingerprint density at radius 3 is 2.71 bits per heavy atom. The normalized spacial score (nSPS) is 18.9. The Morgan fingerprint density at radius 1 is 1.13 bits per heavy atom. The van der Waals surface area contributed by atoms with Crippen molar-refractivity contribution in [1.29, 1.82) is 0 Å². The summed E-state index contributed by atoms with van der Waals surface area (Å²) in [5.74, 6) is 0.754. The molecule has 0 amide bonds. The number of rotatable bonds is 13. The molecule has 1 fully saturated rings. The van der Waals surface area contributed by atoms with E-state index in [0.29, 0.717) is 24.7 Å². The minimum absolute atomic E-state index is 0.197. The maximum Gasteiger partial charge on any atom is 0.303 e. The quantitative estimate of drug-likeness (QED) is 0.240. The molecule has 1 aliphatic heterocycles. The molecule has 2 aromatic carbocycles. The second kappa shape index (κ2) is 13.9. The van der Waals surface area contributed by atoms with E-state index in [0.717, 1.165) is 79.0 Å². The van der Waals surface area contributed by atoms with Crippen LogP contribution in [0.5, 0.6) is 5.75 Å². The van der Waals surface area contributed by atoms with E-state index in [-0.39, 0.29) is 6.42 Å². The summed E-state index contributed by atoms with van der Waals surface area (Å²) in [6.07, 6.45) is 7.88. The van der Waals surface area contributed by atoms with Crippen LogP contribution in [0.15, 0.2) is 54.7 Å². The number of aliphatic hydroxyl groups is 1. The number of ether oxygens (including phenoxy) is 1. The van der Waals surface area contributed by atoms with Gasteiger partial charge in [0, 0.05) is 29.6 Å². The molecule has 0 bridgehead atoms. The van der Waals surface area contributed by atoms with Crippen molar-refractivity contribution in [2.45, 2.75) is 57.5 Å². The summed E-state index contributed by atoms with van der Waals surface area (Å²) < 4.78 is 5.38. The molecule has 7 heteroatoms. The summed E-state index contributed by atoms with van der Waals surface area (Å²) in [5.41, 5.74) is 3.02. The zero-order chi connectivity index (χ0) is 26.9. The molecule has 0 radical (unpaired) electrons. The molecule has 2 heterocycles. The third-order valence-corrected chi connectivity index (χ3v) is 8.21. The molecule has 0 saturated carbocycles. The fourth-order valence-electron chi connectivity index (χ4n) is 5.78. The zero-order valence-electron chi connectivity index (χ0n) is 22.2. The second-order valence-corrected chi connectivity index (χ2v) is 10.9. The number of aryl methyl sites for hydroxylation is 1. The number of carbonyl (C=O) groups is 1. The molecule has 3 atom stereocenters. The molecule has 2 unspecified atom stereocenters. The van der Waals surface area contributed by atoms with E-state index in [1.54, 1.807) is 13.3 Å². The van der Waals surface area contributed by atoms with Crippen LogP contribution in [0.2, 0.25) is 5.02 Å². The molecule has 3 aromatic rings. The van der Waals surface area contributed by atoms with Crippen LogP contribution in [0.1, 0.15) is 62.2 Å². The van der Waals surface area contributed by atoms with Gasteiger partial charge in [0.2, 0.25) is 0 Å². The van der Waals surface area contributed by atoms with Crippen LogP contribution in [0.25, 0.3) is 10.9 Å². The van der Waals surface area contributed by atoms with E-state index >= 15 is 0 Å². The zero-order valence-corrected chi connectivity index (χ0v) is 22.9. The molecule has 2 N–H and O–H groups in total. The van der Waals surface area contributed by atoms with Gasteiger partial charge < -0.3 is 19.8 Å². The van der Waals surface area contributed by atoms with Gasteiger partial charge in [-0.2, -0.15) is 0 Å². The number of aliphatic carboxylic acids is 1. The lowest BCUT2D eigenvalue weighted by molar-refractivity contribution is -0.137. The molecular weight excluding hydrogens is 500 g/mol. The highest BCUT2D eigenvalue weighted by molar-refractivity contribution is 6.30. The van der Waals surface area contributed by atoms with E-state index in [1.165, 1.54) is 5.56 Å². The highest BCUT2D eigenvalue weighted by Gasteiger charge is 2.30. The summed E-state index contributed by atoms with van der Waals surface area (Å²) >= 11 is 5.99. The first-order chi connectivity index (χ1) is 18.4. The van der Waals surface area contributed by atoms with Crippen molar-refractivity contribution in [3.8, 4) is 5.75 Å². The summed E-state index contributed by atoms with van der Waals surface area (Å²) in [5, 5.41) is 22.1. The van der Waals surface area contributed by atoms with E-state index in [1.807, 2.05) is 36.4 Å². The second-order valence-electron chi connectivity index (χ2n) is 10.5. The molecule has 1 aromatic heterocycles. The largest absolute Gasteiger partial charge is 0.497 e. The SMILES string of the molecule is COc1ccc2nccc([C@@H](O)CCC3CCN(CCCCc4ccc(Cl)cc4)CC3CCC(=O)O)c2c1. The number of carboxylic acid groups (broad SMARTS) is 1. The van der Waals surface area contributed by atoms with Crippen LogP contribution >= 0.6 is 11.6 Å². The van der Waals surface area contributed by atoms with E-state index in [2.05, 4.69) is 22.0 Å². The van der Waals surface area contributed by atoms with Gasteiger partial charge in [0.25, 0.3) is 0 Å². The van der Waals surface area contributed by atoms with Crippen LogP contribution in [0.4, 0.5) is 0 Å². The van der Waals surface area contributed by atoms with Crippen molar-refractivity contribution >= 4 is 28.5 Å². The topological polar surface area (TPSA) is 82.9 Å². The summed E-state index contributed by atoms with van der Waals surface area (Å²) in [4.78, 5) is 18.3. The van der Waals surface area contributed by atoms with Crippen molar-refractivity contribution in [3.63, 3.8) is 0 Å². The van der Waals surface area contributed by atoms with E-state index < -0.39 is 12.1 Å². The average Bonchev–Trinajstić information content (AvgIpc) is 2.93. The van der Waals surface area contributed by atoms with Gasteiger partial charge in [-0.15, -0.1) is 0 Å². The van der Waals surface area contributed by atoms with Crippen molar-refractivity contribution in [3.05, 3.63) is 70.9 Å². The van der Waals surface area contributed by atoms with Gasteiger partial charge in [0.15, 0.2) is 0 Å². The van der Waals surface area contributed by atoms with Crippen molar-refractivity contribution in [2.75, 3.05) is 26.7 Å². The number of halogens is 1. The fourth-order valence-corrected chi connectivity index (χ4v) is 5.91. The van der Waals surface area contributed by atoms with Crippen LogP contribution < -0.4 is 4.74 Å². The van der Waals surface area contributed by atoms with Gasteiger partial charge in [0.1, 0.15) is 5.75 Å². The smallest absolute Gasteiger partial charge is 0.303 e. The molecule has 1 aliphatic rings. The molecule has 0 spiro atoms. The molecule has 38 heavy (non-hydrogen) atoms. The standard InChI is InChI=1S/C31H39ClN2O4/c1-38-26-11-12-29-28(20-26)27(15-17-33-29)30(35)13-7-23-16-19-34(21-24(23)8-14-31(36)37)18-3-2-4-22-5-9-25(32)10-6-22/h5-6,9-12,15,17,20,23-24,30,35H,2-4,7-8,13-14,16,18-19,21H2,1H3,(H,36,37)/t23?,24?,30-/m0/s1. The fraction of sp³-hybridized carbons (Fsp3) is 0.484. The minimum atomic E-state index is -0.735. The first-order valence-corrected chi connectivity index (χ1v) is 14.1. The number of aliphatic hydroxyl groups excluding tert-OH is 1. The van der Waals surface area contributed by atoms with E-state index in [4.69, 9.17) is 16.3 Å². The van der Waals surface area contributed by atoms with Gasteiger partial charge in [-0.05, 0) is 117 Å². The molecule has 0 aliphatic carbocycles. The number of hydrogen-bond acceptors (Lipinski definition) is 5. The monoisotopic (exact) mass is 538 g/mol. The maximum atomic E-state index is 11.3. The summed E-state index contributed by atoms with van der Waals surface area (Å²) in [7, 11) is 1.64. The predicted octanol–water partition coefficient (Wildman–Crippen LogP) is 6.54. The number of aromatic nitrogens is 1. The number of carboxylic acids is 1. The van der Waals surface area contributed by atoms with Gasteiger partial charge in [-0.25, -0.2) is 0 Å². The van der Waals surface area contributed by atoms with Crippen molar-refractivity contribution in [1.82, 2.24) is 9.88 Å². The van der Waals surface area contributed by atoms with Crippen LogP contribution in [0.3, 0.4) is 0 Å². The Labute approximate surface area is 230 Å². The van der Waals surface area contributed by atoms with Crippen molar-refractivity contribution in [2.24, 2.45) is 11.8 Å². The summed E-state index contributed by atoms with van der Waals surface area (Å²) in [6.45, 7) is 3.00. The Balaban J connectivity index is 1.31. The Kier molecular flexibility index (Phi) is 10.4. The Bertz CT molecular complexity index is 1190. The third-order valence-electron chi connectivity index (χ3n) is 7.96. The Hall–Kier alpha value is -2.67. The highest BCUT2D eigenvalue weighted by atomic mass is 35.5. The molecule has 204 valence electrons. The van der Waals surface area contributed by atoms with Crippen LogP contribution in [-0.4, -0.2) is 52.8 Å². The lowest BCUT2D eigenvalue weighted by atomic mass is 9.79. The lowest BCUT2D eigenvalue weighted by Gasteiger charge is -2.39. The molecule has 1 saturated heterocycles. The first kappa shape index (κ1) is 28.3. The molecular formula is C31H39ClN2O4. The van der Waals surface area contributed by atoms with Crippen LogP contribution in [-0.2, 0) is 11.2 Å². The number of benzene rings is 2. The number of methoxy groups -OCH3 is 1. The van der Waals surface area contributed by atoms with Gasteiger partial charge >= 0.3 is 5.97 Å². The summed E-state index contributed by atoms with van der Waals surface area (Å²) in [6, 6.07) is 15.7. The first-order valence-electron chi connectivity index (χ1n) is 13.7. The molecule has 4 rings (SSSR count). The van der Waals surface area contributed by atoms with Gasteiger partial charge in [-0.3, -0.25) is 9.78 Å². The molecule has 6 nitrogen and oxygen atoms in total. The maximum absolute atomic E-state index is 11.3. The number of likely N-dealkylation sites (tertiary alicyclic amines) is 1. The Morgan fingerprint density at radius 2 is 1.95 bits per heavy atom. The minimum Gasteiger partial charge on any atom is -0.497 e. The number of hydrogen-bond donors (Lipinski definition) is 2. The average molecular weight is 539 g/mol. The number of fused-ring (bicyclic) bond motifs is 1. The van der Waals surface area contributed by atoms with Crippen molar-refractivity contribution < 1.29 is 19.7 Å². The number of unbranched alkanes of at least 4 members (excludes halogenated alkanes) is 1. The van der Waals surface area contributed by atoms with Crippen LogP contribution in [0, 0.1) is 11.8 Å².